The van der Waals surface area contributed by atoms with Gasteiger partial charge in [0.05, 0.1) is 12.2 Å². The van der Waals surface area contributed by atoms with Crippen molar-refractivity contribution in [2.45, 2.75) is 6.54 Å². The van der Waals surface area contributed by atoms with Crippen LogP contribution in [0.3, 0.4) is 0 Å². The fraction of sp³-hybridized carbons (Fsp3) is 0.0833. The summed E-state index contributed by atoms with van der Waals surface area (Å²) in [7, 11) is 0. The van der Waals surface area contributed by atoms with Crippen molar-refractivity contribution in [3.63, 3.8) is 0 Å². The Labute approximate surface area is 103 Å². The molecule has 0 atom stereocenters. The molecule has 0 aliphatic rings. The zero-order valence-corrected chi connectivity index (χ0v) is 9.50. The first-order chi connectivity index (χ1) is 8.83. The van der Waals surface area contributed by atoms with Gasteiger partial charge in [-0.15, -0.1) is 0 Å². The second kappa shape index (κ2) is 4.33. The van der Waals surface area contributed by atoms with Crippen LogP contribution in [0.1, 0.15) is 16.2 Å². The summed E-state index contributed by atoms with van der Waals surface area (Å²) in [6, 6.07) is 7.44. The molecule has 0 bridgehead atoms. The molecular weight excluding hydrogens is 230 g/mol. The molecule has 2 N–H and O–H groups in total. The van der Waals surface area contributed by atoms with E-state index in [0.717, 1.165) is 11.3 Å². The lowest BCUT2D eigenvalue weighted by molar-refractivity contribution is 0.0946. The minimum absolute atomic E-state index is 0.201. The Bertz CT molecular complexity index is 638. The van der Waals surface area contributed by atoms with Crippen LogP contribution in [0.5, 0.6) is 0 Å². The van der Waals surface area contributed by atoms with Crippen LogP contribution < -0.4 is 5.32 Å². The standard InChI is InChI=1S/C12H11N5O/c18-12(13-7-9-4-5-14-16-9)10-8-17-6-2-1-3-11(17)15-10/h1-6,8H,7H2,(H,13,18)(H,14,16). The molecule has 0 aromatic carbocycles. The third-order valence-corrected chi connectivity index (χ3v) is 2.59. The van der Waals surface area contributed by atoms with Crippen molar-refractivity contribution >= 4 is 11.6 Å². The first kappa shape index (κ1) is 10.5. The molecule has 6 nitrogen and oxygen atoms in total. The molecule has 0 unspecified atom stereocenters. The second-order valence-corrected chi connectivity index (χ2v) is 3.86. The van der Waals surface area contributed by atoms with Gasteiger partial charge < -0.3 is 9.72 Å². The van der Waals surface area contributed by atoms with Gasteiger partial charge in [-0.25, -0.2) is 4.98 Å². The van der Waals surface area contributed by atoms with Crippen molar-refractivity contribution in [2.24, 2.45) is 0 Å². The molecule has 0 aliphatic carbocycles. The van der Waals surface area contributed by atoms with Crippen LogP contribution in [0.4, 0.5) is 0 Å². The molecule has 3 aromatic heterocycles. The van der Waals surface area contributed by atoms with Crippen LogP contribution in [0.2, 0.25) is 0 Å². The summed E-state index contributed by atoms with van der Waals surface area (Å²) in [5, 5.41) is 9.37. The first-order valence-electron chi connectivity index (χ1n) is 5.53. The van der Waals surface area contributed by atoms with E-state index in [9.17, 15) is 4.79 Å². The third-order valence-electron chi connectivity index (χ3n) is 2.59. The SMILES string of the molecule is O=C(NCc1ccn[nH]1)c1cn2ccccc2n1. The number of aromatic nitrogens is 4. The zero-order chi connectivity index (χ0) is 12.4. The summed E-state index contributed by atoms with van der Waals surface area (Å²) in [4.78, 5) is 16.1. The number of amides is 1. The fourth-order valence-electron chi connectivity index (χ4n) is 1.69. The van der Waals surface area contributed by atoms with Gasteiger partial charge in [0.2, 0.25) is 0 Å². The van der Waals surface area contributed by atoms with Gasteiger partial charge >= 0.3 is 0 Å². The van der Waals surface area contributed by atoms with Crippen molar-refractivity contribution in [3.8, 4) is 0 Å². The number of pyridine rings is 1. The second-order valence-electron chi connectivity index (χ2n) is 3.86. The molecule has 6 heteroatoms. The number of rotatable bonds is 3. The van der Waals surface area contributed by atoms with E-state index in [0.29, 0.717) is 12.2 Å². The van der Waals surface area contributed by atoms with E-state index in [-0.39, 0.29) is 5.91 Å². The van der Waals surface area contributed by atoms with Gasteiger partial charge in [0.25, 0.3) is 5.91 Å². The lowest BCUT2D eigenvalue weighted by atomic mass is 10.4. The van der Waals surface area contributed by atoms with Gasteiger partial charge in [0.15, 0.2) is 0 Å². The summed E-state index contributed by atoms with van der Waals surface area (Å²) in [5.74, 6) is -0.201. The minimum atomic E-state index is -0.201. The highest BCUT2D eigenvalue weighted by atomic mass is 16.1. The summed E-state index contributed by atoms with van der Waals surface area (Å²) in [6.07, 6.45) is 5.21. The third kappa shape index (κ3) is 1.95. The highest BCUT2D eigenvalue weighted by Crippen LogP contribution is 2.04. The van der Waals surface area contributed by atoms with Crippen molar-refractivity contribution in [1.29, 1.82) is 0 Å². The molecule has 3 rings (SSSR count). The van der Waals surface area contributed by atoms with Crippen molar-refractivity contribution in [3.05, 3.63) is 54.2 Å². The topological polar surface area (TPSA) is 75.1 Å². The maximum Gasteiger partial charge on any atom is 0.271 e. The maximum absolute atomic E-state index is 11.9. The Kier molecular flexibility index (Phi) is 2.53. The van der Waals surface area contributed by atoms with Crippen molar-refractivity contribution in [1.82, 2.24) is 24.9 Å². The lowest BCUT2D eigenvalue weighted by Crippen LogP contribution is -2.23. The normalized spacial score (nSPS) is 10.7. The van der Waals surface area contributed by atoms with E-state index in [1.54, 1.807) is 12.4 Å². The zero-order valence-electron chi connectivity index (χ0n) is 9.50. The number of carbonyl (C=O) groups excluding carboxylic acids is 1. The Hall–Kier alpha value is -2.63. The molecule has 0 saturated carbocycles. The van der Waals surface area contributed by atoms with Crippen LogP contribution in [0, 0.1) is 0 Å². The molecule has 0 fully saturated rings. The molecular formula is C12H11N5O. The largest absolute Gasteiger partial charge is 0.345 e. The van der Waals surface area contributed by atoms with E-state index in [2.05, 4.69) is 20.5 Å². The van der Waals surface area contributed by atoms with Crippen LogP contribution in [-0.4, -0.2) is 25.5 Å². The fourth-order valence-corrected chi connectivity index (χ4v) is 1.69. The highest BCUT2D eigenvalue weighted by molar-refractivity contribution is 5.92. The molecule has 90 valence electrons. The molecule has 3 aromatic rings. The van der Waals surface area contributed by atoms with Crippen molar-refractivity contribution < 1.29 is 4.79 Å². The minimum Gasteiger partial charge on any atom is -0.345 e. The first-order valence-corrected chi connectivity index (χ1v) is 5.53. The molecule has 3 heterocycles. The molecule has 0 saturated heterocycles. The van der Waals surface area contributed by atoms with Gasteiger partial charge in [-0.1, -0.05) is 6.07 Å². The monoisotopic (exact) mass is 241 g/mol. The number of carbonyl (C=O) groups is 1. The predicted octanol–water partition coefficient (Wildman–Crippen LogP) is 0.987. The number of nitrogens with zero attached hydrogens (tertiary/aromatic N) is 3. The van der Waals surface area contributed by atoms with Crippen LogP contribution in [-0.2, 0) is 6.54 Å². The summed E-state index contributed by atoms with van der Waals surface area (Å²) >= 11 is 0. The van der Waals surface area contributed by atoms with E-state index in [1.165, 1.54) is 0 Å². The molecule has 0 spiro atoms. The summed E-state index contributed by atoms with van der Waals surface area (Å²) in [6.45, 7) is 0.409. The molecule has 1 amide bonds. The summed E-state index contributed by atoms with van der Waals surface area (Å²) < 4.78 is 1.81. The van der Waals surface area contributed by atoms with Gasteiger partial charge in [-0.05, 0) is 18.2 Å². The number of fused-ring (bicyclic) bond motifs is 1. The smallest absolute Gasteiger partial charge is 0.271 e. The van der Waals surface area contributed by atoms with Gasteiger partial charge in [0, 0.05) is 18.6 Å². The Morgan fingerprint density at radius 1 is 1.39 bits per heavy atom. The summed E-state index contributed by atoms with van der Waals surface area (Å²) in [5.41, 5.74) is 2.01. The predicted molar refractivity (Wildman–Crippen MR) is 64.9 cm³/mol. The average Bonchev–Trinajstić information content (AvgIpc) is 3.04. The molecule has 0 radical (unpaired) electrons. The molecule has 0 aliphatic heterocycles. The quantitative estimate of drug-likeness (QED) is 0.718. The van der Waals surface area contributed by atoms with Crippen LogP contribution in [0.25, 0.3) is 5.65 Å². The van der Waals surface area contributed by atoms with E-state index in [4.69, 9.17) is 0 Å². The molecule has 18 heavy (non-hydrogen) atoms. The Morgan fingerprint density at radius 3 is 3.11 bits per heavy atom. The average molecular weight is 241 g/mol. The maximum atomic E-state index is 11.9. The Balaban J connectivity index is 1.75. The Morgan fingerprint density at radius 2 is 2.33 bits per heavy atom. The number of hydrogen-bond acceptors (Lipinski definition) is 3. The lowest BCUT2D eigenvalue weighted by Gasteiger charge is -1.99. The van der Waals surface area contributed by atoms with Crippen LogP contribution >= 0.6 is 0 Å². The number of imidazole rings is 1. The van der Waals surface area contributed by atoms with E-state index < -0.39 is 0 Å². The van der Waals surface area contributed by atoms with E-state index in [1.807, 2.05) is 34.9 Å². The highest BCUT2D eigenvalue weighted by Gasteiger charge is 2.10. The van der Waals surface area contributed by atoms with Gasteiger partial charge in [-0.3, -0.25) is 9.89 Å². The van der Waals surface area contributed by atoms with Crippen molar-refractivity contribution in [2.75, 3.05) is 0 Å². The van der Waals surface area contributed by atoms with E-state index >= 15 is 0 Å². The number of aromatic amines is 1. The number of hydrogen-bond donors (Lipinski definition) is 2. The van der Waals surface area contributed by atoms with Gasteiger partial charge in [0.1, 0.15) is 11.3 Å². The number of H-pyrrole nitrogens is 1. The van der Waals surface area contributed by atoms with Crippen LogP contribution in [0.15, 0.2) is 42.9 Å². The van der Waals surface area contributed by atoms with Gasteiger partial charge in [-0.2, -0.15) is 5.10 Å². The number of nitrogens with one attached hydrogen (secondary N) is 2.